The van der Waals surface area contributed by atoms with Gasteiger partial charge >= 0.3 is 0 Å². The molecule has 6 heteroatoms. The third-order valence-electron chi connectivity index (χ3n) is 5.55. The van der Waals surface area contributed by atoms with E-state index in [4.69, 9.17) is 0 Å². The van der Waals surface area contributed by atoms with E-state index in [0.29, 0.717) is 12.0 Å². The Bertz CT molecular complexity index is 559. The van der Waals surface area contributed by atoms with Crippen LogP contribution in [0.5, 0.6) is 0 Å². The van der Waals surface area contributed by atoms with Gasteiger partial charge in [-0.1, -0.05) is 18.2 Å². The molecule has 2 bridgehead atoms. The molecule has 5 atom stereocenters. The molecule has 2 fully saturated rings. The molecule has 1 N–H and O–H groups in total. The van der Waals surface area contributed by atoms with Gasteiger partial charge in [-0.2, -0.15) is 0 Å². The van der Waals surface area contributed by atoms with Gasteiger partial charge in [-0.15, -0.1) is 10.2 Å². The summed E-state index contributed by atoms with van der Waals surface area (Å²) in [4.78, 5) is 12.5. The molecule has 1 heterocycles. The Morgan fingerprint density at radius 1 is 1.30 bits per heavy atom. The van der Waals surface area contributed by atoms with Crippen LogP contribution in [0.1, 0.15) is 59.4 Å². The number of aromatic nitrogens is 3. The molecule has 1 aromatic heterocycles. The summed E-state index contributed by atoms with van der Waals surface area (Å²) in [6.07, 6.45) is 7.17. The Morgan fingerprint density at radius 3 is 2.70 bits per heavy atom. The fraction of sp³-hybridized carbons (Fsp3) is 0.824. The summed E-state index contributed by atoms with van der Waals surface area (Å²) >= 11 is 1.49. The van der Waals surface area contributed by atoms with E-state index in [1.54, 1.807) is 6.33 Å². The molecule has 0 radical (unpaired) electrons. The molecule has 1 aromatic rings. The van der Waals surface area contributed by atoms with Crippen molar-refractivity contribution in [3.8, 4) is 0 Å². The van der Waals surface area contributed by atoms with E-state index in [1.807, 2.05) is 11.5 Å². The topological polar surface area (TPSA) is 59.8 Å². The zero-order valence-corrected chi connectivity index (χ0v) is 15.3. The van der Waals surface area contributed by atoms with Crippen LogP contribution < -0.4 is 5.32 Å². The summed E-state index contributed by atoms with van der Waals surface area (Å²) in [6.45, 7) is 8.31. The number of thioether (sulfide) groups is 1. The Labute approximate surface area is 143 Å². The lowest BCUT2D eigenvalue weighted by atomic mass is 9.84. The molecule has 2 saturated carbocycles. The van der Waals surface area contributed by atoms with E-state index in [2.05, 4.69) is 36.3 Å². The van der Waals surface area contributed by atoms with Crippen LogP contribution >= 0.6 is 11.8 Å². The second-order valence-electron chi connectivity index (χ2n) is 7.51. The summed E-state index contributed by atoms with van der Waals surface area (Å²) in [5, 5.41) is 12.0. The minimum atomic E-state index is -0.155. The van der Waals surface area contributed by atoms with Gasteiger partial charge in [-0.3, -0.25) is 4.79 Å². The first-order valence-corrected chi connectivity index (χ1v) is 9.70. The van der Waals surface area contributed by atoms with Gasteiger partial charge in [-0.25, -0.2) is 0 Å². The quantitative estimate of drug-likeness (QED) is 0.810. The first kappa shape index (κ1) is 16.8. The number of hydrogen-bond donors (Lipinski definition) is 1. The van der Waals surface area contributed by atoms with E-state index < -0.39 is 0 Å². The maximum absolute atomic E-state index is 12.5. The van der Waals surface area contributed by atoms with Crippen LogP contribution in [-0.2, 0) is 4.79 Å². The minimum absolute atomic E-state index is 0.114. The van der Waals surface area contributed by atoms with Crippen molar-refractivity contribution in [2.75, 3.05) is 0 Å². The van der Waals surface area contributed by atoms with Gasteiger partial charge in [0.25, 0.3) is 0 Å². The van der Waals surface area contributed by atoms with E-state index in [1.165, 1.54) is 37.4 Å². The molecule has 0 saturated heterocycles. The van der Waals surface area contributed by atoms with E-state index in [-0.39, 0.29) is 17.2 Å². The predicted molar refractivity (Wildman–Crippen MR) is 92.3 cm³/mol. The maximum Gasteiger partial charge on any atom is 0.233 e. The Hall–Kier alpha value is -1.04. The van der Waals surface area contributed by atoms with Crippen molar-refractivity contribution in [1.29, 1.82) is 0 Å². The van der Waals surface area contributed by atoms with Crippen molar-refractivity contribution >= 4 is 17.7 Å². The van der Waals surface area contributed by atoms with Crippen molar-refractivity contribution in [3.05, 3.63) is 6.33 Å². The van der Waals surface area contributed by atoms with E-state index in [9.17, 15) is 4.79 Å². The highest BCUT2D eigenvalue weighted by atomic mass is 32.2. The van der Waals surface area contributed by atoms with Crippen LogP contribution in [-0.4, -0.2) is 32.0 Å². The number of amides is 1. The zero-order chi connectivity index (χ0) is 16.6. The highest BCUT2D eigenvalue weighted by Gasteiger charge is 2.42. The average Bonchev–Trinajstić information content (AvgIpc) is 3.22. The number of carbonyl (C=O) groups excluding carboxylic acids is 1. The lowest BCUT2D eigenvalue weighted by Gasteiger charge is -2.29. The third-order valence-corrected chi connectivity index (χ3v) is 6.62. The van der Waals surface area contributed by atoms with Crippen molar-refractivity contribution < 1.29 is 4.79 Å². The van der Waals surface area contributed by atoms with Gasteiger partial charge in [-0.05, 0) is 64.7 Å². The Kier molecular flexibility index (Phi) is 4.99. The molecule has 2 aliphatic carbocycles. The molecular formula is C17H28N4OS. The lowest BCUT2D eigenvalue weighted by Crippen LogP contribution is -2.43. The molecule has 0 aliphatic heterocycles. The van der Waals surface area contributed by atoms with Crippen molar-refractivity contribution in [1.82, 2.24) is 20.1 Å². The monoisotopic (exact) mass is 336 g/mol. The van der Waals surface area contributed by atoms with Gasteiger partial charge in [0.05, 0.1) is 5.25 Å². The highest BCUT2D eigenvalue weighted by molar-refractivity contribution is 8.00. The summed E-state index contributed by atoms with van der Waals surface area (Å²) in [6, 6.07) is 0.583. The van der Waals surface area contributed by atoms with Gasteiger partial charge in [0.15, 0.2) is 5.16 Å². The minimum Gasteiger partial charge on any atom is -0.352 e. The molecule has 128 valence electrons. The lowest BCUT2D eigenvalue weighted by molar-refractivity contribution is -0.121. The van der Waals surface area contributed by atoms with Crippen LogP contribution in [0.2, 0.25) is 0 Å². The maximum atomic E-state index is 12.5. The summed E-state index contributed by atoms with van der Waals surface area (Å²) < 4.78 is 2.01. The first-order chi connectivity index (χ1) is 11.0. The number of nitrogens with one attached hydrogen (secondary N) is 1. The van der Waals surface area contributed by atoms with Crippen LogP contribution in [0.15, 0.2) is 11.5 Å². The van der Waals surface area contributed by atoms with Crippen molar-refractivity contribution in [2.45, 2.75) is 75.9 Å². The molecule has 0 aromatic carbocycles. The fourth-order valence-electron chi connectivity index (χ4n) is 4.24. The number of nitrogens with zero attached hydrogens (tertiary/aromatic N) is 3. The molecule has 5 nitrogen and oxygen atoms in total. The molecular weight excluding hydrogens is 308 g/mol. The standard InChI is InChI=1S/C17H28N4OS/c1-10(2)21-9-18-20-17(21)23-12(4)16(22)19-11(3)15-8-13-5-6-14(15)7-13/h9-15H,5-8H2,1-4H3,(H,19,22). The van der Waals surface area contributed by atoms with Gasteiger partial charge in [0.2, 0.25) is 5.91 Å². The van der Waals surface area contributed by atoms with E-state index >= 15 is 0 Å². The van der Waals surface area contributed by atoms with Crippen LogP contribution in [0.3, 0.4) is 0 Å². The van der Waals surface area contributed by atoms with Crippen molar-refractivity contribution in [3.63, 3.8) is 0 Å². The van der Waals surface area contributed by atoms with Crippen LogP contribution in [0.25, 0.3) is 0 Å². The summed E-state index contributed by atoms with van der Waals surface area (Å²) in [7, 11) is 0. The van der Waals surface area contributed by atoms with Crippen LogP contribution in [0, 0.1) is 17.8 Å². The number of hydrogen-bond acceptors (Lipinski definition) is 4. The molecule has 0 spiro atoms. The van der Waals surface area contributed by atoms with E-state index in [0.717, 1.165) is 17.0 Å². The Balaban J connectivity index is 1.54. The van der Waals surface area contributed by atoms with Gasteiger partial charge in [0.1, 0.15) is 6.33 Å². The van der Waals surface area contributed by atoms with Crippen LogP contribution in [0.4, 0.5) is 0 Å². The molecule has 5 unspecified atom stereocenters. The first-order valence-electron chi connectivity index (χ1n) is 8.82. The highest BCUT2D eigenvalue weighted by Crippen LogP contribution is 2.49. The molecule has 1 amide bonds. The Morgan fingerprint density at radius 2 is 2.09 bits per heavy atom. The third kappa shape index (κ3) is 3.57. The fourth-order valence-corrected chi connectivity index (χ4v) is 5.20. The average molecular weight is 337 g/mol. The predicted octanol–water partition coefficient (Wildman–Crippen LogP) is 3.28. The van der Waals surface area contributed by atoms with Gasteiger partial charge < -0.3 is 9.88 Å². The molecule has 2 aliphatic rings. The second-order valence-corrected chi connectivity index (χ2v) is 8.82. The van der Waals surface area contributed by atoms with Crippen molar-refractivity contribution in [2.24, 2.45) is 17.8 Å². The van der Waals surface area contributed by atoms with Gasteiger partial charge in [0, 0.05) is 12.1 Å². The number of carbonyl (C=O) groups is 1. The smallest absolute Gasteiger partial charge is 0.233 e. The number of rotatable bonds is 6. The molecule has 3 rings (SSSR count). The summed E-state index contributed by atoms with van der Waals surface area (Å²) in [5.41, 5.74) is 0. The second kappa shape index (κ2) is 6.83. The zero-order valence-electron chi connectivity index (χ0n) is 14.5. The SMILES string of the molecule is CC(Sc1nncn1C(C)C)C(=O)NC(C)C1CC2CCC1C2. The summed E-state index contributed by atoms with van der Waals surface area (Å²) in [5.74, 6) is 2.54. The molecule has 23 heavy (non-hydrogen) atoms. The normalized spacial score (nSPS) is 29.0. The number of fused-ring (bicyclic) bond motifs is 2. The largest absolute Gasteiger partial charge is 0.352 e.